The van der Waals surface area contributed by atoms with Gasteiger partial charge in [0.1, 0.15) is 17.4 Å². The van der Waals surface area contributed by atoms with E-state index in [4.69, 9.17) is 4.42 Å². The van der Waals surface area contributed by atoms with Crippen LogP contribution in [0.5, 0.6) is 0 Å². The molecule has 0 saturated carbocycles. The van der Waals surface area contributed by atoms with Crippen LogP contribution in [0.1, 0.15) is 11.6 Å². The average Bonchev–Trinajstić information content (AvgIpc) is 3.23. The van der Waals surface area contributed by atoms with Crippen molar-refractivity contribution >= 4 is 16.9 Å². The number of fused-ring (bicyclic) bond motifs is 1. The molecule has 3 aromatic heterocycles. The van der Waals surface area contributed by atoms with E-state index in [1.165, 1.54) is 0 Å². The summed E-state index contributed by atoms with van der Waals surface area (Å²) in [6.45, 7) is 2.44. The van der Waals surface area contributed by atoms with Gasteiger partial charge in [0.25, 0.3) is 0 Å². The van der Waals surface area contributed by atoms with Crippen LogP contribution in [0, 0.1) is 6.92 Å². The number of aromatic nitrogens is 4. The Morgan fingerprint density at radius 3 is 2.74 bits per heavy atom. The van der Waals surface area contributed by atoms with E-state index in [2.05, 4.69) is 20.4 Å². The molecule has 114 valence electrons. The third kappa shape index (κ3) is 2.55. The number of nitrogens with zero attached hydrogens (tertiary/aromatic N) is 4. The van der Waals surface area contributed by atoms with Crippen LogP contribution in [-0.2, 0) is 6.54 Å². The molecule has 0 aliphatic carbocycles. The average molecular weight is 305 g/mol. The van der Waals surface area contributed by atoms with Crippen LogP contribution in [0.3, 0.4) is 0 Å². The Morgan fingerprint density at radius 2 is 1.96 bits per heavy atom. The fraction of sp³-hybridized carbons (Fsp3) is 0.118. The van der Waals surface area contributed by atoms with Gasteiger partial charge in [-0.05, 0) is 31.2 Å². The zero-order valence-corrected chi connectivity index (χ0v) is 12.6. The Balaban J connectivity index is 1.76. The number of anilines is 1. The second-order valence-corrected chi connectivity index (χ2v) is 5.18. The Bertz CT molecular complexity index is 928. The highest BCUT2D eigenvalue weighted by Gasteiger charge is 2.12. The van der Waals surface area contributed by atoms with E-state index in [9.17, 15) is 0 Å². The lowest BCUT2D eigenvalue weighted by atomic mass is 10.3. The van der Waals surface area contributed by atoms with Gasteiger partial charge in [-0.3, -0.25) is 0 Å². The first-order chi connectivity index (χ1) is 11.3. The summed E-state index contributed by atoms with van der Waals surface area (Å²) in [5.41, 5.74) is 1.75. The smallest absolute Gasteiger partial charge is 0.168 e. The molecule has 4 rings (SSSR count). The molecular weight excluding hydrogens is 290 g/mol. The van der Waals surface area contributed by atoms with Crippen molar-refractivity contribution in [1.82, 2.24) is 19.7 Å². The minimum Gasteiger partial charge on any atom is -0.467 e. The molecule has 1 aromatic carbocycles. The third-order valence-electron chi connectivity index (χ3n) is 3.55. The van der Waals surface area contributed by atoms with Crippen LogP contribution in [0.25, 0.3) is 16.7 Å². The van der Waals surface area contributed by atoms with E-state index in [0.717, 1.165) is 28.3 Å². The van der Waals surface area contributed by atoms with E-state index >= 15 is 0 Å². The molecule has 0 radical (unpaired) electrons. The molecule has 6 nitrogen and oxygen atoms in total. The molecule has 1 N–H and O–H groups in total. The maximum Gasteiger partial charge on any atom is 0.168 e. The second-order valence-electron chi connectivity index (χ2n) is 5.18. The molecule has 0 saturated heterocycles. The summed E-state index contributed by atoms with van der Waals surface area (Å²) in [6.07, 6.45) is 3.44. The predicted octanol–water partition coefficient (Wildman–Crippen LogP) is 3.33. The van der Waals surface area contributed by atoms with Crippen LogP contribution in [-0.4, -0.2) is 19.7 Å². The lowest BCUT2D eigenvalue weighted by Gasteiger charge is -2.07. The molecule has 0 spiro atoms. The minimum absolute atomic E-state index is 0.565. The number of hydrogen-bond acceptors (Lipinski definition) is 5. The number of nitrogens with one attached hydrogen (secondary N) is 1. The molecule has 0 atom stereocenters. The van der Waals surface area contributed by atoms with Crippen LogP contribution in [0.4, 0.5) is 5.82 Å². The standard InChI is InChI=1S/C17H15N5O/c1-12-20-16(18-10-14-8-5-9-23-14)15-11-19-22(17(15)21-12)13-6-3-2-4-7-13/h2-9,11H,10H2,1H3,(H,18,20,21). The number of aryl methyl sites for hydroxylation is 1. The van der Waals surface area contributed by atoms with Crippen molar-refractivity contribution in [2.45, 2.75) is 13.5 Å². The first kappa shape index (κ1) is 13.5. The second kappa shape index (κ2) is 5.57. The normalized spacial score (nSPS) is 11.0. The number of para-hydroxylation sites is 1. The summed E-state index contributed by atoms with van der Waals surface area (Å²) < 4.78 is 7.17. The molecule has 4 aromatic rings. The highest BCUT2D eigenvalue weighted by molar-refractivity contribution is 5.87. The maximum absolute atomic E-state index is 5.35. The summed E-state index contributed by atoms with van der Waals surface area (Å²) in [4.78, 5) is 9.03. The van der Waals surface area contributed by atoms with Crippen molar-refractivity contribution in [2.75, 3.05) is 5.32 Å². The third-order valence-corrected chi connectivity index (χ3v) is 3.55. The molecule has 0 aliphatic heterocycles. The van der Waals surface area contributed by atoms with Crippen molar-refractivity contribution in [1.29, 1.82) is 0 Å². The van der Waals surface area contributed by atoms with E-state index < -0.39 is 0 Å². The minimum atomic E-state index is 0.565. The van der Waals surface area contributed by atoms with Crippen LogP contribution in [0.15, 0.2) is 59.3 Å². The summed E-state index contributed by atoms with van der Waals surface area (Å²) in [7, 11) is 0. The number of benzene rings is 1. The fourth-order valence-corrected chi connectivity index (χ4v) is 2.49. The van der Waals surface area contributed by atoms with Gasteiger partial charge in [0.05, 0.1) is 30.1 Å². The van der Waals surface area contributed by atoms with Crippen LogP contribution < -0.4 is 5.32 Å². The van der Waals surface area contributed by atoms with Gasteiger partial charge in [-0.2, -0.15) is 5.10 Å². The summed E-state index contributed by atoms with van der Waals surface area (Å²) >= 11 is 0. The van der Waals surface area contributed by atoms with E-state index in [-0.39, 0.29) is 0 Å². The first-order valence-corrected chi connectivity index (χ1v) is 7.35. The van der Waals surface area contributed by atoms with Gasteiger partial charge in [-0.25, -0.2) is 14.6 Å². The Hall–Kier alpha value is -3.15. The van der Waals surface area contributed by atoms with Gasteiger partial charge in [-0.15, -0.1) is 0 Å². The first-order valence-electron chi connectivity index (χ1n) is 7.35. The molecule has 6 heteroatoms. The molecule has 0 unspecified atom stereocenters. The lowest BCUT2D eigenvalue weighted by Crippen LogP contribution is -2.04. The Labute approximate surface area is 132 Å². The van der Waals surface area contributed by atoms with Crippen LogP contribution >= 0.6 is 0 Å². The quantitative estimate of drug-likeness (QED) is 0.626. The summed E-state index contributed by atoms with van der Waals surface area (Å²) in [6, 6.07) is 13.7. The molecule has 0 aliphatic rings. The Morgan fingerprint density at radius 1 is 1.09 bits per heavy atom. The molecule has 0 bridgehead atoms. The molecule has 0 amide bonds. The number of rotatable bonds is 4. The van der Waals surface area contributed by atoms with Crippen molar-refractivity contribution in [3.05, 3.63) is 66.5 Å². The van der Waals surface area contributed by atoms with Gasteiger partial charge in [0.15, 0.2) is 5.65 Å². The number of hydrogen-bond donors (Lipinski definition) is 1. The SMILES string of the molecule is Cc1nc(NCc2ccco2)c2cnn(-c3ccccc3)c2n1. The van der Waals surface area contributed by atoms with Gasteiger partial charge < -0.3 is 9.73 Å². The Kier molecular flexibility index (Phi) is 3.27. The van der Waals surface area contributed by atoms with E-state index in [1.807, 2.05) is 54.1 Å². The van der Waals surface area contributed by atoms with Gasteiger partial charge in [-0.1, -0.05) is 18.2 Å². The van der Waals surface area contributed by atoms with Gasteiger partial charge in [0.2, 0.25) is 0 Å². The van der Waals surface area contributed by atoms with E-state index in [1.54, 1.807) is 12.5 Å². The maximum atomic E-state index is 5.35. The summed E-state index contributed by atoms with van der Waals surface area (Å²) in [5.74, 6) is 2.30. The van der Waals surface area contributed by atoms with Crippen molar-refractivity contribution in [2.24, 2.45) is 0 Å². The monoisotopic (exact) mass is 305 g/mol. The lowest BCUT2D eigenvalue weighted by molar-refractivity contribution is 0.518. The highest BCUT2D eigenvalue weighted by Crippen LogP contribution is 2.23. The largest absolute Gasteiger partial charge is 0.467 e. The molecule has 23 heavy (non-hydrogen) atoms. The molecule has 3 heterocycles. The topological polar surface area (TPSA) is 68.8 Å². The predicted molar refractivity (Wildman–Crippen MR) is 87.4 cm³/mol. The highest BCUT2D eigenvalue weighted by atomic mass is 16.3. The van der Waals surface area contributed by atoms with Gasteiger partial charge >= 0.3 is 0 Å². The fourth-order valence-electron chi connectivity index (χ4n) is 2.49. The number of furan rings is 1. The zero-order chi connectivity index (χ0) is 15.6. The van der Waals surface area contributed by atoms with E-state index in [0.29, 0.717) is 12.4 Å². The summed E-state index contributed by atoms with van der Waals surface area (Å²) in [5, 5.41) is 8.64. The zero-order valence-electron chi connectivity index (χ0n) is 12.6. The van der Waals surface area contributed by atoms with Crippen molar-refractivity contribution in [3.8, 4) is 5.69 Å². The van der Waals surface area contributed by atoms with Crippen LogP contribution in [0.2, 0.25) is 0 Å². The van der Waals surface area contributed by atoms with Crippen molar-refractivity contribution in [3.63, 3.8) is 0 Å². The molecular formula is C17H15N5O. The molecule has 0 fully saturated rings. The van der Waals surface area contributed by atoms with Crippen molar-refractivity contribution < 1.29 is 4.42 Å². The van der Waals surface area contributed by atoms with Gasteiger partial charge in [0, 0.05) is 0 Å².